The Morgan fingerprint density at radius 2 is 2.00 bits per heavy atom. The number of carbonyl (C=O) groups is 1. The molecule has 118 valence electrons. The Balaban J connectivity index is 1.68. The van der Waals surface area contributed by atoms with Crippen molar-refractivity contribution in [3.05, 3.63) is 24.1 Å². The Hall–Kier alpha value is -2.04. The normalized spacial score (nSPS) is 17.3. The van der Waals surface area contributed by atoms with Crippen LogP contribution in [0.2, 0.25) is 0 Å². The van der Waals surface area contributed by atoms with E-state index in [4.69, 9.17) is 4.42 Å². The van der Waals surface area contributed by atoms with Crippen molar-refractivity contribution in [2.24, 2.45) is 0 Å². The second kappa shape index (κ2) is 6.38. The van der Waals surface area contributed by atoms with Crippen molar-refractivity contribution in [1.29, 1.82) is 0 Å². The first kappa shape index (κ1) is 14.9. The van der Waals surface area contributed by atoms with Crippen LogP contribution in [0.1, 0.15) is 38.5 Å². The van der Waals surface area contributed by atoms with Crippen LogP contribution in [0.25, 0.3) is 11.1 Å². The topological polar surface area (TPSA) is 58.4 Å². The first-order valence-electron chi connectivity index (χ1n) is 8.06. The van der Waals surface area contributed by atoms with Gasteiger partial charge in [-0.2, -0.15) is 0 Å². The lowest BCUT2D eigenvalue weighted by atomic mass is 10.2. The molecule has 0 spiro atoms. The highest BCUT2D eigenvalue weighted by molar-refractivity contribution is 5.85. The maximum atomic E-state index is 12.6. The van der Waals surface area contributed by atoms with Crippen LogP contribution in [-0.2, 0) is 4.79 Å². The van der Waals surface area contributed by atoms with Gasteiger partial charge in [-0.05, 0) is 38.0 Å². The molecule has 1 aliphatic rings. The molecule has 5 nitrogen and oxygen atoms in total. The lowest BCUT2D eigenvalue weighted by Gasteiger charge is -2.25. The lowest BCUT2D eigenvalue weighted by molar-refractivity contribution is -0.131. The van der Waals surface area contributed by atoms with Crippen LogP contribution in [-0.4, -0.2) is 34.9 Å². The Morgan fingerprint density at radius 1 is 1.27 bits per heavy atom. The van der Waals surface area contributed by atoms with Crippen molar-refractivity contribution in [1.82, 2.24) is 9.88 Å². The molecule has 1 atom stereocenters. The van der Waals surface area contributed by atoms with Gasteiger partial charge < -0.3 is 14.6 Å². The molecule has 1 saturated heterocycles. The average molecular weight is 301 g/mol. The molecule has 0 radical (unpaired) electrons. The zero-order chi connectivity index (χ0) is 15.5. The SMILES string of the molecule is Cc1nc2cc(NC(C)C(=O)N3CCCCCC3)ccc2o1. The van der Waals surface area contributed by atoms with Crippen LogP contribution < -0.4 is 5.32 Å². The van der Waals surface area contributed by atoms with Crippen LogP contribution in [0.3, 0.4) is 0 Å². The van der Waals surface area contributed by atoms with Gasteiger partial charge in [0.2, 0.25) is 5.91 Å². The van der Waals surface area contributed by atoms with Gasteiger partial charge in [0.15, 0.2) is 11.5 Å². The minimum atomic E-state index is -0.233. The zero-order valence-corrected chi connectivity index (χ0v) is 13.3. The standard InChI is InChI=1S/C17H23N3O2/c1-12(17(21)20-9-5-3-4-6-10-20)18-14-7-8-16-15(11-14)19-13(2)22-16/h7-8,11-12,18H,3-6,9-10H2,1-2H3. The molecule has 1 N–H and O–H groups in total. The summed E-state index contributed by atoms with van der Waals surface area (Å²) in [5, 5.41) is 3.29. The quantitative estimate of drug-likeness (QED) is 0.944. The third kappa shape index (κ3) is 3.24. The summed E-state index contributed by atoms with van der Waals surface area (Å²) >= 11 is 0. The molecule has 22 heavy (non-hydrogen) atoms. The molecule has 0 saturated carbocycles. The summed E-state index contributed by atoms with van der Waals surface area (Å²) in [7, 11) is 0. The van der Waals surface area contributed by atoms with E-state index in [1.54, 1.807) is 0 Å². The molecular weight excluding hydrogens is 278 g/mol. The number of hydrogen-bond donors (Lipinski definition) is 1. The highest BCUT2D eigenvalue weighted by Gasteiger charge is 2.21. The average Bonchev–Trinajstić information content (AvgIpc) is 2.71. The molecule has 1 fully saturated rings. The summed E-state index contributed by atoms with van der Waals surface area (Å²) in [5.74, 6) is 0.833. The number of carbonyl (C=O) groups excluding carboxylic acids is 1. The highest BCUT2D eigenvalue weighted by Crippen LogP contribution is 2.20. The van der Waals surface area contributed by atoms with E-state index in [0.717, 1.165) is 42.7 Å². The fourth-order valence-electron chi connectivity index (χ4n) is 3.01. The van der Waals surface area contributed by atoms with Crippen LogP contribution >= 0.6 is 0 Å². The number of amides is 1. The summed E-state index contributed by atoms with van der Waals surface area (Å²) < 4.78 is 5.47. The van der Waals surface area contributed by atoms with E-state index in [2.05, 4.69) is 10.3 Å². The Labute approximate surface area is 130 Å². The number of hydrogen-bond acceptors (Lipinski definition) is 4. The number of oxazole rings is 1. The summed E-state index contributed by atoms with van der Waals surface area (Å²) in [6, 6.07) is 5.52. The maximum Gasteiger partial charge on any atom is 0.244 e. The number of rotatable bonds is 3. The minimum Gasteiger partial charge on any atom is -0.441 e. The van der Waals surface area contributed by atoms with Gasteiger partial charge in [-0.25, -0.2) is 4.98 Å². The lowest BCUT2D eigenvalue weighted by Crippen LogP contribution is -2.41. The van der Waals surface area contributed by atoms with Gasteiger partial charge in [-0.3, -0.25) is 4.79 Å². The minimum absolute atomic E-state index is 0.179. The van der Waals surface area contributed by atoms with E-state index in [0.29, 0.717) is 5.89 Å². The van der Waals surface area contributed by atoms with Gasteiger partial charge in [0.1, 0.15) is 11.6 Å². The second-order valence-electron chi connectivity index (χ2n) is 6.02. The summed E-state index contributed by atoms with van der Waals surface area (Å²) in [4.78, 5) is 18.9. The fraction of sp³-hybridized carbons (Fsp3) is 0.529. The van der Waals surface area contributed by atoms with Gasteiger partial charge in [-0.1, -0.05) is 12.8 Å². The number of aryl methyl sites for hydroxylation is 1. The molecular formula is C17H23N3O2. The van der Waals surface area contributed by atoms with Crippen LogP contribution in [0, 0.1) is 6.92 Å². The van der Waals surface area contributed by atoms with E-state index in [-0.39, 0.29) is 11.9 Å². The molecule has 1 aliphatic heterocycles. The number of fused-ring (bicyclic) bond motifs is 1. The van der Waals surface area contributed by atoms with Gasteiger partial charge in [0, 0.05) is 25.7 Å². The third-order valence-corrected chi connectivity index (χ3v) is 4.17. The van der Waals surface area contributed by atoms with Crippen molar-refractivity contribution >= 4 is 22.7 Å². The Kier molecular flexibility index (Phi) is 4.32. The molecule has 2 heterocycles. The molecule has 3 rings (SSSR count). The maximum absolute atomic E-state index is 12.6. The number of anilines is 1. The van der Waals surface area contributed by atoms with E-state index >= 15 is 0 Å². The van der Waals surface area contributed by atoms with E-state index in [9.17, 15) is 4.79 Å². The van der Waals surface area contributed by atoms with Crippen LogP contribution in [0.4, 0.5) is 5.69 Å². The van der Waals surface area contributed by atoms with E-state index in [1.807, 2.05) is 36.9 Å². The molecule has 0 aliphatic carbocycles. The monoisotopic (exact) mass is 301 g/mol. The first-order chi connectivity index (χ1) is 10.6. The smallest absolute Gasteiger partial charge is 0.244 e. The molecule has 2 aromatic rings. The Bertz CT molecular complexity index is 657. The molecule has 1 unspecified atom stereocenters. The van der Waals surface area contributed by atoms with Crippen molar-refractivity contribution in [2.75, 3.05) is 18.4 Å². The van der Waals surface area contributed by atoms with Crippen LogP contribution in [0.15, 0.2) is 22.6 Å². The summed E-state index contributed by atoms with van der Waals surface area (Å²) in [6.45, 7) is 5.52. The van der Waals surface area contributed by atoms with Gasteiger partial charge in [-0.15, -0.1) is 0 Å². The summed E-state index contributed by atoms with van der Waals surface area (Å²) in [6.07, 6.45) is 4.69. The molecule has 5 heteroatoms. The predicted molar refractivity (Wildman–Crippen MR) is 86.9 cm³/mol. The predicted octanol–water partition coefficient (Wildman–Crippen LogP) is 3.34. The number of aromatic nitrogens is 1. The van der Waals surface area contributed by atoms with Gasteiger partial charge >= 0.3 is 0 Å². The number of nitrogens with zero attached hydrogens (tertiary/aromatic N) is 2. The van der Waals surface area contributed by atoms with E-state index < -0.39 is 0 Å². The number of likely N-dealkylation sites (tertiary alicyclic amines) is 1. The van der Waals surface area contributed by atoms with Crippen molar-refractivity contribution < 1.29 is 9.21 Å². The molecule has 1 aromatic carbocycles. The van der Waals surface area contributed by atoms with Crippen molar-refractivity contribution in [3.8, 4) is 0 Å². The number of nitrogens with one attached hydrogen (secondary N) is 1. The van der Waals surface area contributed by atoms with Crippen molar-refractivity contribution in [2.45, 2.75) is 45.6 Å². The largest absolute Gasteiger partial charge is 0.441 e. The van der Waals surface area contributed by atoms with Gasteiger partial charge in [0.25, 0.3) is 0 Å². The summed E-state index contributed by atoms with van der Waals surface area (Å²) in [5.41, 5.74) is 2.49. The molecule has 0 bridgehead atoms. The first-order valence-corrected chi connectivity index (χ1v) is 8.06. The zero-order valence-electron chi connectivity index (χ0n) is 13.3. The Morgan fingerprint density at radius 3 is 2.73 bits per heavy atom. The molecule has 1 amide bonds. The number of benzene rings is 1. The second-order valence-corrected chi connectivity index (χ2v) is 6.02. The van der Waals surface area contributed by atoms with E-state index in [1.165, 1.54) is 12.8 Å². The van der Waals surface area contributed by atoms with Gasteiger partial charge in [0.05, 0.1) is 0 Å². The molecule has 1 aromatic heterocycles. The fourth-order valence-corrected chi connectivity index (χ4v) is 3.01. The van der Waals surface area contributed by atoms with Crippen LogP contribution in [0.5, 0.6) is 0 Å². The van der Waals surface area contributed by atoms with Crippen molar-refractivity contribution in [3.63, 3.8) is 0 Å². The third-order valence-electron chi connectivity index (χ3n) is 4.17. The highest BCUT2D eigenvalue weighted by atomic mass is 16.3.